The summed E-state index contributed by atoms with van der Waals surface area (Å²) in [5, 5.41) is 32.3. The van der Waals surface area contributed by atoms with Gasteiger partial charge in [0.1, 0.15) is 23.8 Å². The number of hydrogen-bond donors (Lipinski definition) is 3. The summed E-state index contributed by atoms with van der Waals surface area (Å²) in [4.78, 5) is 26.8. The summed E-state index contributed by atoms with van der Waals surface area (Å²) in [5.74, 6) is -1.39. The standard InChI is InChI=1S/C24H30BN3O6/c1-24(2,3)12-17(13-26)22(29)28-10-6-7-18(28)15-34-23(30)27-21(25(31)32)11-16-14-33-20-9-5-4-8-19(16)20/h4-5,8-9,12,14,18,21,31-32H,6-7,10-11,15H2,1-3H3,(H,27,30)/b17-12+/t18-,21+/m1/s1. The Kier molecular flexibility index (Phi) is 8.02. The number of carbonyl (C=O) groups is 2. The average molecular weight is 467 g/mol. The zero-order chi connectivity index (χ0) is 24.9. The lowest BCUT2D eigenvalue weighted by Gasteiger charge is -2.25. The highest BCUT2D eigenvalue weighted by Crippen LogP contribution is 2.24. The first-order chi connectivity index (χ1) is 16.1. The molecule has 1 aliphatic heterocycles. The van der Waals surface area contributed by atoms with Crippen LogP contribution in [-0.4, -0.2) is 59.2 Å². The number of nitriles is 1. The number of amides is 2. The zero-order valence-corrected chi connectivity index (χ0v) is 19.7. The van der Waals surface area contributed by atoms with Crippen LogP contribution >= 0.6 is 0 Å². The molecule has 1 aliphatic rings. The lowest BCUT2D eigenvalue weighted by molar-refractivity contribution is -0.128. The highest BCUT2D eigenvalue weighted by atomic mass is 16.5. The van der Waals surface area contributed by atoms with Crippen LogP contribution in [0.1, 0.15) is 39.2 Å². The number of likely N-dealkylation sites (tertiary alicyclic amines) is 1. The molecule has 180 valence electrons. The molecule has 1 saturated heterocycles. The molecule has 2 atom stereocenters. The molecular weight excluding hydrogens is 437 g/mol. The van der Waals surface area contributed by atoms with Crippen molar-refractivity contribution in [2.24, 2.45) is 5.41 Å². The molecule has 2 amide bonds. The topological polar surface area (TPSA) is 136 Å². The Labute approximate surface area is 199 Å². The quantitative estimate of drug-likeness (QED) is 0.324. The van der Waals surface area contributed by atoms with Gasteiger partial charge in [-0.15, -0.1) is 0 Å². The van der Waals surface area contributed by atoms with Crippen LogP contribution in [0, 0.1) is 16.7 Å². The van der Waals surface area contributed by atoms with Crippen molar-refractivity contribution in [2.75, 3.05) is 13.2 Å². The molecule has 0 unspecified atom stereocenters. The van der Waals surface area contributed by atoms with Crippen LogP contribution in [0.15, 0.2) is 46.6 Å². The maximum absolute atomic E-state index is 12.9. The number of para-hydroxylation sites is 1. The number of allylic oxidation sites excluding steroid dienone is 1. The second-order valence-electron chi connectivity index (χ2n) is 9.55. The fraction of sp³-hybridized carbons (Fsp3) is 0.458. The Balaban J connectivity index is 1.59. The number of rotatable bonds is 7. The molecule has 9 nitrogen and oxygen atoms in total. The molecule has 34 heavy (non-hydrogen) atoms. The van der Waals surface area contributed by atoms with Crippen LogP contribution < -0.4 is 5.32 Å². The van der Waals surface area contributed by atoms with Crippen molar-refractivity contribution < 1.29 is 28.8 Å². The van der Waals surface area contributed by atoms with Gasteiger partial charge in [-0.05, 0) is 36.3 Å². The van der Waals surface area contributed by atoms with Gasteiger partial charge >= 0.3 is 13.2 Å². The summed E-state index contributed by atoms with van der Waals surface area (Å²) in [5.41, 5.74) is 1.12. The van der Waals surface area contributed by atoms with E-state index in [0.29, 0.717) is 18.5 Å². The van der Waals surface area contributed by atoms with Crippen LogP contribution in [0.25, 0.3) is 11.0 Å². The van der Waals surface area contributed by atoms with E-state index in [2.05, 4.69) is 5.32 Å². The largest absolute Gasteiger partial charge is 0.475 e. The highest BCUT2D eigenvalue weighted by molar-refractivity contribution is 6.43. The minimum absolute atomic E-state index is 0.0608. The first-order valence-corrected chi connectivity index (χ1v) is 11.3. The van der Waals surface area contributed by atoms with Crippen LogP contribution in [0.3, 0.4) is 0 Å². The number of benzene rings is 1. The summed E-state index contributed by atoms with van der Waals surface area (Å²) >= 11 is 0. The minimum atomic E-state index is -1.81. The first kappa shape index (κ1) is 25.3. The van der Waals surface area contributed by atoms with Gasteiger partial charge in [0.25, 0.3) is 5.91 Å². The van der Waals surface area contributed by atoms with E-state index >= 15 is 0 Å². The van der Waals surface area contributed by atoms with Crippen molar-refractivity contribution >= 4 is 30.1 Å². The molecular formula is C24H30BN3O6. The minimum Gasteiger partial charge on any atom is -0.464 e. The Morgan fingerprint density at radius 2 is 2.12 bits per heavy atom. The van der Waals surface area contributed by atoms with E-state index in [-0.39, 0.29) is 36.0 Å². The van der Waals surface area contributed by atoms with Gasteiger partial charge < -0.3 is 29.4 Å². The van der Waals surface area contributed by atoms with Crippen molar-refractivity contribution in [1.29, 1.82) is 5.26 Å². The maximum Gasteiger partial charge on any atom is 0.475 e. The Bertz CT molecular complexity index is 1100. The third-order valence-corrected chi connectivity index (χ3v) is 5.64. The van der Waals surface area contributed by atoms with Crippen molar-refractivity contribution in [3.8, 4) is 6.07 Å². The van der Waals surface area contributed by atoms with E-state index in [0.717, 1.165) is 17.4 Å². The SMILES string of the molecule is CC(C)(C)/C=C(\C#N)C(=O)N1CCC[C@@H]1COC(=O)N[C@@H](Cc1coc2ccccc12)B(O)O. The summed E-state index contributed by atoms with van der Waals surface area (Å²) in [6.07, 6.45) is 3.84. The Morgan fingerprint density at radius 3 is 2.79 bits per heavy atom. The number of alkyl carbamates (subject to hydrolysis) is 1. The second-order valence-corrected chi connectivity index (χ2v) is 9.55. The average Bonchev–Trinajstić information content (AvgIpc) is 3.41. The van der Waals surface area contributed by atoms with E-state index in [1.165, 1.54) is 6.26 Å². The molecule has 0 bridgehead atoms. The molecule has 3 N–H and O–H groups in total. The molecule has 0 spiro atoms. The normalized spacial score (nSPS) is 17.4. The van der Waals surface area contributed by atoms with Crippen LogP contribution in [-0.2, 0) is 16.0 Å². The van der Waals surface area contributed by atoms with Gasteiger partial charge in [0.15, 0.2) is 0 Å². The fourth-order valence-corrected chi connectivity index (χ4v) is 4.03. The van der Waals surface area contributed by atoms with Crippen molar-refractivity contribution in [3.63, 3.8) is 0 Å². The number of nitrogens with zero attached hydrogens (tertiary/aromatic N) is 2. The smallest absolute Gasteiger partial charge is 0.464 e. The van der Waals surface area contributed by atoms with Gasteiger partial charge in [0.05, 0.1) is 18.2 Å². The highest BCUT2D eigenvalue weighted by Gasteiger charge is 2.33. The monoisotopic (exact) mass is 467 g/mol. The number of ether oxygens (including phenoxy) is 1. The number of hydrogen-bond acceptors (Lipinski definition) is 7. The molecule has 0 radical (unpaired) electrons. The molecule has 1 aromatic heterocycles. The van der Waals surface area contributed by atoms with Gasteiger partial charge in [-0.3, -0.25) is 4.79 Å². The van der Waals surface area contributed by atoms with Crippen LogP contribution in [0.4, 0.5) is 4.79 Å². The second kappa shape index (κ2) is 10.8. The number of fused-ring (bicyclic) bond motifs is 1. The summed E-state index contributed by atoms with van der Waals surface area (Å²) < 4.78 is 10.8. The van der Waals surface area contributed by atoms with Crippen molar-refractivity contribution in [2.45, 2.75) is 52.0 Å². The fourth-order valence-electron chi connectivity index (χ4n) is 4.03. The van der Waals surface area contributed by atoms with Gasteiger partial charge in [0, 0.05) is 11.9 Å². The molecule has 3 rings (SSSR count). The maximum atomic E-state index is 12.9. The predicted octanol–water partition coefficient (Wildman–Crippen LogP) is 2.57. The predicted molar refractivity (Wildman–Crippen MR) is 126 cm³/mol. The van der Waals surface area contributed by atoms with Gasteiger partial charge in [-0.25, -0.2) is 4.79 Å². The van der Waals surface area contributed by atoms with Crippen LogP contribution in [0.2, 0.25) is 0 Å². The van der Waals surface area contributed by atoms with Crippen molar-refractivity contribution in [1.82, 2.24) is 10.2 Å². The lowest BCUT2D eigenvalue weighted by atomic mass is 9.76. The third-order valence-electron chi connectivity index (χ3n) is 5.64. The van der Waals surface area contributed by atoms with Crippen LogP contribution in [0.5, 0.6) is 0 Å². The van der Waals surface area contributed by atoms with E-state index in [1.54, 1.807) is 17.0 Å². The van der Waals surface area contributed by atoms with Gasteiger partial charge in [0.2, 0.25) is 0 Å². The number of nitrogens with one attached hydrogen (secondary N) is 1. The Hall–Kier alpha value is -3.29. The van der Waals surface area contributed by atoms with E-state index in [1.807, 2.05) is 45.0 Å². The van der Waals surface area contributed by atoms with Gasteiger partial charge in [-0.1, -0.05) is 45.0 Å². The van der Waals surface area contributed by atoms with Crippen molar-refractivity contribution in [3.05, 3.63) is 47.7 Å². The van der Waals surface area contributed by atoms with Gasteiger partial charge in [-0.2, -0.15) is 5.26 Å². The summed E-state index contributed by atoms with van der Waals surface area (Å²) in [6.45, 7) is 6.14. The molecule has 0 saturated carbocycles. The molecule has 1 aromatic carbocycles. The molecule has 2 heterocycles. The molecule has 2 aromatic rings. The lowest BCUT2D eigenvalue weighted by Crippen LogP contribution is -2.49. The van der Waals surface area contributed by atoms with E-state index in [4.69, 9.17) is 9.15 Å². The van der Waals surface area contributed by atoms with E-state index < -0.39 is 19.2 Å². The first-order valence-electron chi connectivity index (χ1n) is 11.3. The molecule has 1 fully saturated rings. The third kappa shape index (κ3) is 6.40. The summed E-state index contributed by atoms with van der Waals surface area (Å²) in [7, 11) is -1.81. The van der Waals surface area contributed by atoms with E-state index in [9.17, 15) is 24.9 Å². The number of furan rings is 1. The molecule has 10 heteroatoms. The Morgan fingerprint density at radius 1 is 1.38 bits per heavy atom. The number of carbonyl (C=O) groups excluding carboxylic acids is 2. The molecule has 0 aliphatic carbocycles. The zero-order valence-electron chi connectivity index (χ0n) is 19.7. The summed E-state index contributed by atoms with van der Waals surface area (Å²) in [6, 6.07) is 8.95.